The number of hydrogen-bond donors (Lipinski definition) is 3. The third-order valence-corrected chi connectivity index (χ3v) is 5.68. The first-order chi connectivity index (χ1) is 13.7. The number of aromatic nitrogens is 1. The molecule has 3 N–H and O–H groups in total. The molecule has 0 spiro atoms. The fourth-order valence-electron chi connectivity index (χ4n) is 3.81. The first-order valence-electron chi connectivity index (χ1n) is 9.66. The normalized spacial score (nSPS) is 19.9. The van der Waals surface area contributed by atoms with E-state index >= 15 is 0 Å². The number of piperidine rings is 1. The highest BCUT2D eigenvalue weighted by Gasteiger charge is 2.27. The summed E-state index contributed by atoms with van der Waals surface area (Å²) in [6.45, 7) is 2.96. The number of aromatic amines is 1. The molecule has 1 fully saturated rings. The molecule has 6 heteroatoms. The summed E-state index contributed by atoms with van der Waals surface area (Å²) in [5.74, 6) is 0.0516. The average molecular weight is 396 g/mol. The zero-order valence-electron chi connectivity index (χ0n) is 15.6. The molecule has 3 aromatic rings. The first-order valence-corrected chi connectivity index (χ1v) is 10.0. The maximum absolute atomic E-state index is 12.4. The van der Waals surface area contributed by atoms with Crippen LogP contribution in [0.5, 0.6) is 0 Å². The molecule has 0 unspecified atom stereocenters. The molecule has 1 aliphatic rings. The van der Waals surface area contributed by atoms with Crippen molar-refractivity contribution in [1.82, 2.24) is 10.4 Å². The summed E-state index contributed by atoms with van der Waals surface area (Å²) in [7, 11) is 0. The number of nitrogens with one attached hydrogen (secondary N) is 3. The van der Waals surface area contributed by atoms with E-state index in [0.717, 1.165) is 54.0 Å². The van der Waals surface area contributed by atoms with Gasteiger partial charge in [0.2, 0.25) is 5.91 Å². The zero-order valence-corrected chi connectivity index (χ0v) is 16.4. The summed E-state index contributed by atoms with van der Waals surface area (Å²) < 4.78 is 0. The van der Waals surface area contributed by atoms with Gasteiger partial charge in [-0.15, -0.1) is 0 Å². The lowest BCUT2D eigenvalue weighted by Gasteiger charge is -2.28. The Morgan fingerprint density at radius 3 is 2.71 bits per heavy atom. The number of rotatable bonds is 5. The van der Waals surface area contributed by atoms with E-state index in [2.05, 4.69) is 27.6 Å². The van der Waals surface area contributed by atoms with Gasteiger partial charge >= 0.3 is 0 Å². The molecular formula is C22H24ClN4O+. The summed E-state index contributed by atoms with van der Waals surface area (Å²) in [6.07, 6.45) is 5.38. The minimum absolute atomic E-state index is 0.0154. The van der Waals surface area contributed by atoms with Gasteiger partial charge in [-0.05, 0) is 18.2 Å². The highest BCUT2D eigenvalue weighted by atomic mass is 35.5. The predicted octanol–water partition coefficient (Wildman–Crippen LogP) is 2.77. The monoisotopic (exact) mass is 395 g/mol. The van der Waals surface area contributed by atoms with Gasteiger partial charge in [0.05, 0.1) is 25.2 Å². The standard InChI is InChI=1S/C22H23ClN4O/c23-19-7-5-16(6-8-19)15-27-11-9-17(10-12-27)22(28)26-25-14-18-13-24-21-4-2-1-3-20(18)21/h1-8,13-14,17,24H,9-12,15H2,(H,26,28)/p+1/b25-14+. The Balaban J connectivity index is 1.26. The van der Waals surface area contributed by atoms with E-state index in [-0.39, 0.29) is 11.8 Å². The van der Waals surface area contributed by atoms with Crippen LogP contribution in [0.3, 0.4) is 0 Å². The van der Waals surface area contributed by atoms with Crippen LogP contribution >= 0.6 is 11.6 Å². The molecule has 5 nitrogen and oxygen atoms in total. The van der Waals surface area contributed by atoms with Crippen LogP contribution in [0.4, 0.5) is 0 Å². The minimum atomic E-state index is 0.0154. The number of nitrogens with zero attached hydrogens (tertiary/aromatic N) is 1. The molecule has 1 aliphatic heterocycles. The van der Waals surface area contributed by atoms with Crippen LogP contribution in [-0.2, 0) is 11.3 Å². The molecule has 4 rings (SSSR count). The molecule has 2 heterocycles. The van der Waals surface area contributed by atoms with E-state index in [1.165, 1.54) is 10.5 Å². The molecule has 2 aromatic carbocycles. The lowest BCUT2D eigenvalue weighted by Crippen LogP contribution is -3.11. The lowest BCUT2D eigenvalue weighted by molar-refractivity contribution is -0.919. The van der Waals surface area contributed by atoms with Crippen molar-refractivity contribution in [2.24, 2.45) is 11.0 Å². The second kappa shape index (κ2) is 8.59. The fraction of sp³-hybridized carbons (Fsp3) is 0.273. The maximum Gasteiger partial charge on any atom is 0.243 e. The lowest BCUT2D eigenvalue weighted by atomic mass is 9.96. The van der Waals surface area contributed by atoms with Gasteiger partial charge in [0.1, 0.15) is 6.54 Å². The van der Waals surface area contributed by atoms with Gasteiger partial charge in [-0.25, -0.2) is 5.43 Å². The molecule has 1 amide bonds. The van der Waals surface area contributed by atoms with E-state index in [1.807, 2.05) is 42.6 Å². The van der Waals surface area contributed by atoms with Gasteiger partial charge in [-0.3, -0.25) is 4.79 Å². The van der Waals surface area contributed by atoms with Crippen molar-refractivity contribution in [3.8, 4) is 0 Å². The maximum atomic E-state index is 12.4. The number of para-hydroxylation sites is 1. The largest absolute Gasteiger partial charge is 0.361 e. The number of H-pyrrole nitrogens is 1. The van der Waals surface area contributed by atoms with Crippen LogP contribution in [-0.4, -0.2) is 30.2 Å². The molecule has 0 saturated carbocycles. The SMILES string of the molecule is O=C(N/N=C/c1c[nH]c2ccccc12)C1CC[NH+](Cc2ccc(Cl)cc2)CC1. The van der Waals surface area contributed by atoms with E-state index in [0.29, 0.717) is 0 Å². The topological polar surface area (TPSA) is 61.7 Å². The van der Waals surface area contributed by atoms with Crippen LogP contribution in [0.1, 0.15) is 24.0 Å². The molecular weight excluding hydrogens is 372 g/mol. The summed E-state index contributed by atoms with van der Waals surface area (Å²) in [5, 5.41) is 6.03. The third-order valence-electron chi connectivity index (χ3n) is 5.43. The Bertz CT molecular complexity index is 972. The van der Waals surface area contributed by atoms with Crippen LogP contribution < -0.4 is 10.3 Å². The van der Waals surface area contributed by atoms with Crippen molar-refractivity contribution in [3.63, 3.8) is 0 Å². The molecule has 1 saturated heterocycles. The zero-order chi connectivity index (χ0) is 19.3. The second-order valence-corrected chi connectivity index (χ2v) is 7.79. The summed E-state index contributed by atoms with van der Waals surface area (Å²) in [6, 6.07) is 16.1. The molecule has 0 aliphatic carbocycles. The number of fused-ring (bicyclic) bond motifs is 1. The highest BCUT2D eigenvalue weighted by Crippen LogP contribution is 2.16. The van der Waals surface area contributed by atoms with Crippen molar-refractivity contribution in [3.05, 3.63) is 70.9 Å². The molecule has 28 heavy (non-hydrogen) atoms. The van der Waals surface area contributed by atoms with Crippen LogP contribution in [0, 0.1) is 5.92 Å². The van der Waals surface area contributed by atoms with Gasteiger partial charge in [0.25, 0.3) is 0 Å². The van der Waals surface area contributed by atoms with Crippen molar-refractivity contribution >= 4 is 34.6 Å². The fourth-order valence-corrected chi connectivity index (χ4v) is 3.94. The Labute approximate surface area is 169 Å². The number of hydrogen-bond acceptors (Lipinski definition) is 2. The van der Waals surface area contributed by atoms with Crippen molar-refractivity contribution in [2.75, 3.05) is 13.1 Å². The summed E-state index contributed by atoms with van der Waals surface area (Å²) in [5.41, 5.74) is 6.03. The van der Waals surface area contributed by atoms with Gasteiger partial charge in [-0.1, -0.05) is 41.9 Å². The van der Waals surface area contributed by atoms with Crippen LogP contribution in [0.25, 0.3) is 10.9 Å². The van der Waals surface area contributed by atoms with Gasteiger partial charge in [-0.2, -0.15) is 5.10 Å². The summed E-state index contributed by atoms with van der Waals surface area (Å²) >= 11 is 5.95. The molecule has 144 valence electrons. The van der Waals surface area contributed by atoms with Crippen molar-refractivity contribution in [1.29, 1.82) is 0 Å². The molecule has 0 bridgehead atoms. The van der Waals surface area contributed by atoms with E-state index in [1.54, 1.807) is 6.21 Å². The van der Waals surface area contributed by atoms with Crippen LogP contribution in [0.15, 0.2) is 59.8 Å². The van der Waals surface area contributed by atoms with Crippen molar-refractivity contribution < 1.29 is 9.69 Å². The molecule has 1 aromatic heterocycles. The first kappa shape index (κ1) is 18.7. The number of halogens is 1. The average Bonchev–Trinajstić information content (AvgIpc) is 3.13. The Morgan fingerprint density at radius 2 is 1.93 bits per heavy atom. The Hall–Kier alpha value is -2.63. The van der Waals surface area contributed by atoms with Gasteiger partial charge in [0.15, 0.2) is 0 Å². The van der Waals surface area contributed by atoms with Crippen molar-refractivity contribution in [2.45, 2.75) is 19.4 Å². The number of carbonyl (C=O) groups excluding carboxylic acids is 1. The Morgan fingerprint density at radius 1 is 1.18 bits per heavy atom. The Kier molecular flexibility index (Phi) is 5.74. The number of carbonyl (C=O) groups is 1. The summed E-state index contributed by atoms with van der Waals surface area (Å²) in [4.78, 5) is 17.1. The second-order valence-electron chi connectivity index (χ2n) is 7.35. The molecule has 0 radical (unpaired) electrons. The predicted molar refractivity (Wildman–Crippen MR) is 113 cm³/mol. The van der Waals surface area contributed by atoms with E-state index < -0.39 is 0 Å². The van der Waals surface area contributed by atoms with E-state index in [4.69, 9.17) is 11.6 Å². The smallest absolute Gasteiger partial charge is 0.243 e. The van der Waals surface area contributed by atoms with Gasteiger partial charge in [0, 0.05) is 46.1 Å². The van der Waals surface area contributed by atoms with Gasteiger partial charge < -0.3 is 9.88 Å². The number of quaternary nitrogens is 1. The molecule has 0 atom stereocenters. The number of amides is 1. The highest BCUT2D eigenvalue weighted by molar-refractivity contribution is 6.30. The number of likely N-dealkylation sites (tertiary alicyclic amines) is 1. The third kappa shape index (κ3) is 4.43. The quantitative estimate of drug-likeness (QED) is 0.451. The van der Waals surface area contributed by atoms with E-state index in [9.17, 15) is 4.79 Å². The minimum Gasteiger partial charge on any atom is -0.361 e. The number of hydrazone groups is 1. The van der Waals surface area contributed by atoms with Crippen LogP contribution in [0.2, 0.25) is 5.02 Å². The number of benzene rings is 2.